The van der Waals surface area contributed by atoms with Crippen molar-refractivity contribution in [3.8, 4) is 0 Å². The molecule has 0 atom stereocenters. The van der Waals surface area contributed by atoms with Crippen LogP contribution in [-0.2, 0) is 15.4 Å². The van der Waals surface area contributed by atoms with E-state index in [1.54, 1.807) is 0 Å². The third-order valence-corrected chi connectivity index (χ3v) is 2.78. The van der Waals surface area contributed by atoms with Crippen LogP contribution in [0.25, 0.3) is 0 Å². The fourth-order valence-corrected chi connectivity index (χ4v) is 2.20. The molecule has 78 valence electrons. The molecule has 4 nitrogen and oxygen atoms in total. The number of hydrogen-bond donors (Lipinski definition) is 1. The standard InChI is InChI=1S/C11H12N2O2/c1-6-4-3-5-8-9(6)11(13-10(8)12)14-7(2)15-11/h3-5,7H,1-2H3,(H2,12,13). The number of aliphatic imine (C=N–C) groups is 1. The molecule has 0 bridgehead atoms. The topological polar surface area (TPSA) is 56.8 Å². The average Bonchev–Trinajstić information content (AvgIpc) is 2.41. The molecule has 2 N–H and O–H groups in total. The van der Waals surface area contributed by atoms with Gasteiger partial charge in [0.1, 0.15) is 5.84 Å². The predicted octanol–water partition coefficient (Wildman–Crippen LogP) is 1.22. The highest BCUT2D eigenvalue weighted by molar-refractivity contribution is 6.02. The maximum absolute atomic E-state index is 5.84. The molecule has 0 aliphatic carbocycles. The van der Waals surface area contributed by atoms with Gasteiger partial charge in [0.25, 0.3) is 0 Å². The minimum atomic E-state index is -0.954. The second-order valence-electron chi connectivity index (χ2n) is 3.88. The van der Waals surface area contributed by atoms with Gasteiger partial charge in [0.2, 0.25) is 0 Å². The summed E-state index contributed by atoms with van der Waals surface area (Å²) in [6.45, 7) is 3.84. The maximum Gasteiger partial charge on any atom is 0.305 e. The van der Waals surface area contributed by atoms with E-state index in [2.05, 4.69) is 4.99 Å². The Balaban J connectivity index is 2.19. The first kappa shape index (κ1) is 8.88. The van der Waals surface area contributed by atoms with Crippen LogP contribution in [0.2, 0.25) is 0 Å². The van der Waals surface area contributed by atoms with Crippen molar-refractivity contribution in [2.45, 2.75) is 26.0 Å². The van der Waals surface area contributed by atoms with Crippen molar-refractivity contribution in [3.05, 3.63) is 34.9 Å². The van der Waals surface area contributed by atoms with Gasteiger partial charge in [-0.15, -0.1) is 0 Å². The van der Waals surface area contributed by atoms with E-state index in [9.17, 15) is 0 Å². The minimum absolute atomic E-state index is 0.216. The maximum atomic E-state index is 5.84. The number of fused-ring (bicyclic) bond motifs is 2. The van der Waals surface area contributed by atoms with Gasteiger partial charge in [-0.3, -0.25) is 9.47 Å². The van der Waals surface area contributed by atoms with Crippen molar-refractivity contribution in [1.29, 1.82) is 0 Å². The van der Waals surface area contributed by atoms with Gasteiger partial charge in [0.15, 0.2) is 6.29 Å². The molecule has 2 aliphatic rings. The van der Waals surface area contributed by atoms with E-state index < -0.39 is 5.91 Å². The lowest BCUT2D eigenvalue weighted by Crippen LogP contribution is -2.47. The van der Waals surface area contributed by atoms with E-state index in [-0.39, 0.29) is 6.29 Å². The number of nitrogens with two attached hydrogens (primary N) is 1. The van der Waals surface area contributed by atoms with Crippen molar-refractivity contribution in [2.75, 3.05) is 0 Å². The van der Waals surface area contributed by atoms with Crippen molar-refractivity contribution in [1.82, 2.24) is 0 Å². The van der Waals surface area contributed by atoms with E-state index in [4.69, 9.17) is 15.2 Å². The number of ether oxygens (including phenoxy) is 2. The van der Waals surface area contributed by atoms with Crippen LogP contribution in [-0.4, -0.2) is 12.1 Å². The van der Waals surface area contributed by atoms with Crippen LogP contribution in [0.4, 0.5) is 0 Å². The molecule has 1 aromatic carbocycles. The molecule has 2 heterocycles. The number of nitrogens with zero attached hydrogens (tertiary/aromatic N) is 1. The zero-order valence-corrected chi connectivity index (χ0v) is 8.65. The molecule has 3 rings (SSSR count). The smallest absolute Gasteiger partial charge is 0.305 e. The number of amidine groups is 1. The van der Waals surface area contributed by atoms with E-state index in [0.29, 0.717) is 5.84 Å². The molecule has 1 saturated heterocycles. The Hall–Kier alpha value is -1.39. The van der Waals surface area contributed by atoms with E-state index in [1.807, 2.05) is 32.0 Å². The second-order valence-corrected chi connectivity index (χ2v) is 3.88. The summed E-state index contributed by atoms with van der Waals surface area (Å²) in [5, 5.41) is 0. The predicted molar refractivity (Wildman–Crippen MR) is 55.2 cm³/mol. The molecule has 4 heteroatoms. The summed E-state index contributed by atoms with van der Waals surface area (Å²) in [7, 11) is 0. The minimum Gasteiger partial charge on any atom is -0.383 e. The Morgan fingerprint density at radius 1 is 1.40 bits per heavy atom. The lowest BCUT2D eigenvalue weighted by Gasteiger charge is -2.41. The van der Waals surface area contributed by atoms with Gasteiger partial charge < -0.3 is 5.73 Å². The lowest BCUT2D eigenvalue weighted by atomic mass is 10.00. The van der Waals surface area contributed by atoms with Crippen LogP contribution in [0.3, 0.4) is 0 Å². The number of benzene rings is 1. The molecule has 0 unspecified atom stereocenters. The molecule has 1 aromatic rings. The summed E-state index contributed by atoms with van der Waals surface area (Å²) >= 11 is 0. The zero-order valence-electron chi connectivity index (χ0n) is 8.65. The zero-order chi connectivity index (χ0) is 10.6. The van der Waals surface area contributed by atoms with E-state index >= 15 is 0 Å². The Bertz CT molecular complexity index is 462. The third kappa shape index (κ3) is 1.00. The van der Waals surface area contributed by atoms with Gasteiger partial charge in [0.05, 0.1) is 0 Å². The van der Waals surface area contributed by atoms with Crippen LogP contribution >= 0.6 is 0 Å². The molecule has 0 aromatic heterocycles. The average molecular weight is 204 g/mol. The summed E-state index contributed by atoms with van der Waals surface area (Å²) in [4.78, 5) is 4.25. The molecule has 1 spiro atoms. The van der Waals surface area contributed by atoms with Crippen LogP contribution in [0.5, 0.6) is 0 Å². The van der Waals surface area contributed by atoms with Crippen LogP contribution in [0, 0.1) is 6.92 Å². The van der Waals surface area contributed by atoms with Crippen molar-refractivity contribution >= 4 is 5.84 Å². The first-order valence-electron chi connectivity index (χ1n) is 4.94. The highest BCUT2D eigenvalue weighted by Gasteiger charge is 2.52. The van der Waals surface area contributed by atoms with Gasteiger partial charge in [-0.25, -0.2) is 4.99 Å². The van der Waals surface area contributed by atoms with Crippen LogP contribution in [0.1, 0.15) is 23.6 Å². The Kier molecular flexibility index (Phi) is 1.53. The van der Waals surface area contributed by atoms with Gasteiger partial charge >= 0.3 is 5.91 Å². The molecule has 0 amide bonds. The molecular weight excluding hydrogens is 192 g/mol. The molecule has 2 aliphatic heterocycles. The fourth-order valence-electron chi connectivity index (χ4n) is 2.20. The van der Waals surface area contributed by atoms with Gasteiger partial charge in [-0.1, -0.05) is 18.2 Å². The first-order valence-corrected chi connectivity index (χ1v) is 4.94. The summed E-state index contributed by atoms with van der Waals surface area (Å²) < 4.78 is 11.2. The van der Waals surface area contributed by atoms with Crippen molar-refractivity contribution in [3.63, 3.8) is 0 Å². The number of hydrogen-bond acceptors (Lipinski definition) is 4. The molecule has 15 heavy (non-hydrogen) atoms. The van der Waals surface area contributed by atoms with Crippen molar-refractivity contribution < 1.29 is 9.47 Å². The van der Waals surface area contributed by atoms with E-state index in [1.165, 1.54) is 0 Å². The highest BCUT2D eigenvalue weighted by atomic mass is 16.9. The molecule has 1 fully saturated rings. The number of rotatable bonds is 0. The second kappa shape index (κ2) is 2.59. The fraction of sp³-hybridized carbons (Fsp3) is 0.364. The normalized spacial score (nSPS) is 32.4. The van der Waals surface area contributed by atoms with Gasteiger partial charge in [-0.05, 0) is 19.4 Å². The Labute approximate surface area is 87.7 Å². The van der Waals surface area contributed by atoms with Gasteiger partial charge in [-0.2, -0.15) is 0 Å². The number of aryl methyl sites for hydroxylation is 1. The summed E-state index contributed by atoms with van der Waals surface area (Å²) in [5.74, 6) is -0.468. The SMILES string of the molecule is Cc1cccc2c1C1(N=C2N)OC(C)O1. The summed E-state index contributed by atoms with van der Waals surface area (Å²) in [6, 6.07) is 5.90. The first-order chi connectivity index (χ1) is 7.12. The summed E-state index contributed by atoms with van der Waals surface area (Å²) in [5.41, 5.74) is 8.79. The van der Waals surface area contributed by atoms with Crippen molar-refractivity contribution in [2.24, 2.45) is 10.7 Å². The van der Waals surface area contributed by atoms with Crippen LogP contribution in [0.15, 0.2) is 23.2 Å². The molecular formula is C11H12N2O2. The Morgan fingerprint density at radius 2 is 2.13 bits per heavy atom. The quantitative estimate of drug-likeness (QED) is 0.691. The third-order valence-electron chi connectivity index (χ3n) is 2.78. The van der Waals surface area contributed by atoms with Gasteiger partial charge in [0, 0.05) is 11.1 Å². The van der Waals surface area contributed by atoms with Crippen LogP contribution < -0.4 is 5.73 Å². The largest absolute Gasteiger partial charge is 0.383 e. The molecule has 0 radical (unpaired) electrons. The monoisotopic (exact) mass is 204 g/mol. The summed E-state index contributed by atoms with van der Waals surface area (Å²) in [6.07, 6.45) is -0.216. The highest BCUT2D eigenvalue weighted by Crippen LogP contribution is 2.46. The lowest BCUT2D eigenvalue weighted by molar-refractivity contribution is -0.451. The van der Waals surface area contributed by atoms with E-state index in [0.717, 1.165) is 16.7 Å². The molecule has 0 saturated carbocycles. The Morgan fingerprint density at radius 3 is 2.80 bits per heavy atom.